The number of ketones is 1. The van der Waals surface area contributed by atoms with E-state index >= 15 is 0 Å². The molecule has 0 fully saturated rings. The summed E-state index contributed by atoms with van der Waals surface area (Å²) in [7, 11) is 0. The van der Waals surface area contributed by atoms with Gasteiger partial charge in [-0.25, -0.2) is 4.39 Å². The van der Waals surface area contributed by atoms with Crippen molar-refractivity contribution in [3.63, 3.8) is 0 Å². The Kier molecular flexibility index (Phi) is 4.97. The molecule has 140 valence electrons. The summed E-state index contributed by atoms with van der Waals surface area (Å²) in [6.07, 6.45) is 3.11. The number of rotatable bonds is 5. The molecule has 9 heteroatoms. The third-order valence-electron chi connectivity index (χ3n) is 4.03. The van der Waals surface area contributed by atoms with Gasteiger partial charge in [0.2, 0.25) is 5.65 Å². The molecule has 0 N–H and O–H groups in total. The first kappa shape index (κ1) is 18.4. The summed E-state index contributed by atoms with van der Waals surface area (Å²) >= 11 is 7.20. The smallest absolute Gasteiger partial charge is 0.293 e. The Hall–Kier alpha value is -2.97. The molecule has 0 amide bonds. The lowest BCUT2D eigenvalue weighted by Gasteiger charge is -2.06. The van der Waals surface area contributed by atoms with Gasteiger partial charge in [0.25, 0.3) is 0 Å². The molecule has 0 saturated carbocycles. The molecule has 2 heterocycles. The molecule has 0 radical (unpaired) electrons. The van der Waals surface area contributed by atoms with Crippen LogP contribution < -0.4 is 5.56 Å². The van der Waals surface area contributed by atoms with Crippen LogP contribution in [-0.2, 0) is 0 Å². The van der Waals surface area contributed by atoms with Crippen LogP contribution in [0.2, 0.25) is 5.02 Å². The molecule has 0 aliphatic rings. The molecule has 0 bridgehead atoms. The van der Waals surface area contributed by atoms with Crippen molar-refractivity contribution in [2.75, 3.05) is 5.75 Å². The van der Waals surface area contributed by atoms with Gasteiger partial charge in [-0.3, -0.25) is 18.6 Å². The summed E-state index contributed by atoms with van der Waals surface area (Å²) < 4.78 is 16.2. The van der Waals surface area contributed by atoms with Crippen molar-refractivity contribution in [1.82, 2.24) is 19.2 Å². The van der Waals surface area contributed by atoms with Crippen LogP contribution in [0, 0.1) is 5.82 Å². The van der Waals surface area contributed by atoms with Gasteiger partial charge in [-0.15, -0.1) is 10.2 Å². The number of hydrogen-bond donors (Lipinski definition) is 0. The maximum Gasteiger partial charge on any atom is 0.300 e. The average Bonchev–Trinajstić information content (AvgIpc) is 3.11. The van der Waals surface area contributed by atoms with Gasteiger partial charge in [0.05, 0.1) is 16.5 Å². The Bertz CT molecular complexity index is 1250. The van der Waals surface area contributed by atoms with Gasteiger partial charge in [0.1, 0.15) is 5.82 Å². The topological polar surface area (TPSA) is 69.3 Å². The summed E-state index contributed by atoms with van der Waals surface area (Å²) in [4.78, 5) is 25.1. The first-order valence-corrected chi connectivity index (χ1v) is 9.54. The van der Waals surface area contributed by atoms with Crippen molar-refractivity contribution in [2.45, 2.75) is 5.16 Å². The van der Waals surface area contributed by atoms with Gasteiger partial charge in [-0.2, -0.15) is 0 Å². The number of fused-ring (bicyclic) bond motifs is 1. The van der Waals surface area contributed by atoms with Gasteiger partial charge in [-0.1, -0.05) is 41.6 Å². The molecule has 0 aliphatic heterocycles. The molecule has 0 atom stereocenters. The molecule has 0 aliphatic carbocycles. The van der Waals surface area contributed by atoms with E-state index in [9.17, 15) is 14.0 Å². The number of aromatic nitrogens is 4. The van der Waals surface area contributed by atoms with E-state index < -0.39 is 11.4 Å². The van der Waals surface area contributed by atoms with Crippen molar-refractivity contribution >= 4 is 34.8 Å². The quantitative estimate of drug-likeness (QED) is 0.368. The van der Waals surface area contributed by atoms with Crippen LogP contribution >= 0.6 is 23.4 Å². The van der Waals surface area contributed by atoms with Gasteiger partial charge >= 0.3 is 5.56 Å². The molecule has 6 nitrogen and oxygen atoms in total. The first-order chi connectivity index (χ1) is 13.5. The molecule has 4 aromatic rings. The Balaban J connectivity index is 1.62. The van der Waals surface area contributed by atoms with Crippen molar-refractivity contribution in [3.8, 4) is 5.69 Å². The van der Waals surface area contributed by atoms with Gasteiger partial charge in [-0.05, 0) is 30.3 Å². The molecular weight excluding hydrogens is 403 g/mol. The van der Waals surface area contributed by atoms with E-state index in [0.29, 0.717) is 21.4 Å². The number of Topliss-reactive ketones (excluding diaryl/α,β-unsaturated/α-hetero) is 1. The minimum Gasteiger partial charge on any atom is -0.293 e. The van der Waals surface area contributed by atoms with Crippen LogP contribution in [0.5, 0.6) is 0 Å². The second-order valence-electron chi connectivity index (χ2n) is 5.82. The molecule has 0 unspecified atom stereocenters. The van der Waals surface area contributed by atoms with E-state index in [0.717, 1.165) is 11.8 Å². The second kappa shape index (κ2) is 7.57. The largest absolute Gasteiger partial charge is 0.300 e. The Morgan fingerprint density at radius 2 is 1.93 bits per heavy atom. The average molecular weight is 415 g/mol. The molecule has 2 aromatic carbocycles. The molecule has 0 spiro atoms. The maximum absolute atomic E-state index is 13.5. The van der Waals surface area contributed by atoms with E-state index in [2.05, 4.69) is 10.2 Å². The molecule has 0 saturated heterocycles. The Morgan fingerprint density at radius 3 is 2.71 bits per heavy atom. The highest BCUT2D eigenvalue weighted by Gasteiger charge is 2.15. The molecule has 28 heavy (non-hydrogen) atoms. The lowest BCUT2D eigenvalue weighted by atomic mass is 10.1. The minimum absolute atomic E-state index is 0.0828. The summed E-state index contributed by atoms with van der Waals surface area (Å²) in [5.74, 6) is -0.502. The first-order valence-electron chi connectivity index (χ1n) is 8.17. The van der Waals surface area contributed by atoms with E-state index in [1.807, 2.05) is 0 Å². The highest BCUT2D eigenvalue weighted by Crippen LogP contribution is 2.21. The van der Waals surface area contributed by atoms with Gasteiger partial charge in [0.15, 0.2) is 10.9 Å². The number of carbonyl (C=O) groups is 1. The zero-order valence-electron chi connectivity index (χ0n) is 14.3. The monoisotopic (exact) mass is 414 g/mol. The van der Waals surface area contributed by atoms with Crippen LogP contribution in [0.15, 0.2) is 70.9 Å². The standard InChI is InChI=1S/C19H12ClFN4O2S/c20-15-7-2-1-6-14(15)16(26)11-28-19-23-22-17-18(27)24(8-9-25(17)19)13-5-3-4-12(21)10-13/h1-10H,11H2. The number of thioether (sulfide) groups is 1. The maximum atomic E-state index is 13.5. The normalized spacial score (nSPS) is 11.1. The van der Waals surface area contributed by atoms with Crippen molar-refractivity contribution in [2.24, 2.45) is 0 Å². The number of halogens is 2. The summed E-state index contributed by atoms with van der Waals surface area (Å²) in [6.45, 7) is 0. The summed E-state index contributed by atoms with van der Waals surface area (Å²) in [6, 6.07) is 12.5. The van der Waals surface area contributed by atoms with Crippen LogP contribution in [0.4, 0.5) is 4.39 Å². The minimum atomic E-state index is -0.444. The fourth-order valence-electron chi connectivity index (χ4n) is 2.69. The van der Waals surface area contributed by atoms with E-state index in [-0.39, 0.29) is 17.2 Å². The SMILES string of the molecule is O=C(CSc1nnc2c(=O)n(-c3cccc(F)c3)ccn12)c1ccccc1Cl. The Labute approximate surface area is 167 Å². The highest BCUT2D eigenvalue weighted by molar-refractivity contribution is 7.99. The zero-order chi connectivity index (χ0) is 19.7. The fraction of sp³-hybridized carbons (Fsp3) is 0.0526. The van der Waals surface area contributed by atoms with Crippen LogP contribution in [-0.4, -0.2) is 30.7 Å². The van der Waals surface area contributed by atoms with E-state index in [1.165, 1.54) is 33.4 Å². The molecule has 2 aromatic heterocycles. The van der Waals surface area contributed by atoms with Crippen LogP contribution in [0.25, 0.3) is 11.3 Å². The molecule has 4 rings (SSSR count). The lowest BCUT2D eigenvalue weighted by Crippen LogP contribution is -2.20. The van der Waals surface area contributed by atoms with Crippen molar-refractivity contribution in [3.05, 3.63) is 87.7 Å². The Morgan fingerprint density at radius 1 is 1.11 bits per heavy atom. The summed E-state index contributed by atoms with van der Waals surface area (Å²) in [5, 5.41) is 8.71. The van der Waals surface area contributed by atoms with E-state index in [4.69, 9.17) is 11.6 Å². The third-order valence-corrected chi connectivity index (χ3v) is 5.31. The summed E-state index contributed by atoms with van der Waals surface area (Å²) in [5.41, 5.74) is 0.460. The van der Waals surface area contributed by atoms with Gasteiger partial charge in [0, 0.05) is 18.0 Å². The number of benzene rings is 2. The van der Waals surface area contributed by atoms with Crippen LogP contribution in [0.3, 0.4) is 0 Å². The van der Waals surface area contributed by atoms with Crippen molar-refractivity contribution < 1.29 is 9.18 Å². The van der Waals surface area contributed by atoms with E-state index in [1.54, 1.807) is 36.5 Å². The third kappa shape index (κ3) is 3.44. The predicted molar refractivity (Wildman–Crippen MR) is 105 cm³/mol. The van der Waals surface area contributed by atoms with Crippen molar-refractivity contribution in [1.29, 1.82) is 0 Å². The zero-order valence-corrected chi connectivity index (χ0v) is 15.8. The number of nitrogens with zero attached hydrogens (tertiary/aromatic N) is 4. The molecular formula is C19H12ClFN4O2S. The fourth-order valence-corrected chi connectivity index (χ4v) is 3.73. The highest BCUT2D eigenvalue weighted by atomic mass is 35.5. The predicted octanol–water partition coefficient (Wildman–Crippen LogP) is 3.65. The number of hydrogen-bond acceptors (Lipinski definition) is 5. The lowest BCUT2D eigenvalue weighted by molar-refractivity contribution is 0.102. The number of carbonyl (C=O) groups excluding carboxylic acids is 1. The van der Waals surface area contributed by atoms with Gasteiger partial charge < -0.3 is 0 Å². The van der Waals surface area contributed by atoms with Crippen LogP contribution in [0.1, 0.15) is 10.4 Å². The second-order valence-corrected chi connectivity index (χ2v) is 7.17.